The lowest BCUT2D eigenvalue weighted by atomic mass is 10.1. The van der Waals surface area contributed by atoms with Crippen LogP contribution in [0.25, 0.3) is 10.8 Å². The van der Waals surface area contributed by atoms with Crippen molar-refractivity contribution in [3.05, 3.63) is 30.6 Å². The van der Waals surface area contributed by atoms with Gasteiger partial charge >= 0.3 is 6.18 Å². The molecule has 19 heavy (non-hydrogen) atoms. The van der Waals surface area contributed by atoms with E-state index < -0.39 is 18.8 Å². The Balaban J connectivity index is 2.25. The van der Waals surface area contributed by atoms with Crippen LogP contribution in [0.3, 0.4) is 0 Å². The van der Waals surface area contributed by atoms with Gasteiger partial charge in [0.15, 0.2) is 6.10 Å². The second-order valence-corrected chi connectivity index (χ2v) is 4.06. The minimum absolute atomic E-state index is 0.468. The van der Waals surface area contributed by atoms with Crippen molar-refractivity contribution in [2.45, 2.75) is 12.3 Å². The number of aliphatic hydroxyl groups is 1. The van der Waals surface area contributed by atoms with E-state index in [4.69, 9.17) is 10.8 Å². The largest absolute Gasteiger partial charge is 0.416 e. The number of hydrogen-bond acceptors (Lipinski definition) is 4. The summed E-state index contributed by atoms with van der Waals surface area (Å²) in [5, 5.41) is 12.8. The molecule has 0 bridgehead atoms. The molecule has 1 aromatic carbocycles. The molecular formula is C12H12F3N3O. The van der Waals surface area contributed by atoms with Crippen LogP contribution in [-0.2, 0) is 0 Å². The molecule has 2 aromatic rings. The molecule has 0 amide bonds. The molecule has 0 radical (unpaired) electrons. The van der Waals surface area contributed by atoms with E-state index in [-0.39, 0.29) is 0 Å². The van der Waals surface area contributed by atoms with Gasteiger partial charge in [0.25, 0.3) is 0 Å². The molecule has 2 rings (SSSR count). The summed E-state index contributed by atoms with van der Waals surface area (Å²) in [6.45, 7) is -0.620. The molecule has 0 saturated heterocycles. The molecule has 4 N–H and O–H groups in total. The van der Waals surface area contributed by atoms with Crippen molar-refractivity contribution in [1.82, 2.24) is 4.98 Å². The number of nitrogens with zero attached hydrogens (tertiary/aromatic N) is 1. The summed E-state index contributed by atoms with van der Waals surface area (Å²) in [6, 6.07) is 4.79. The van der Waals surface area contributed by atoms with Gasteiger partial charge in [-0.3, -0.25) is 4.98 Å². The van der Waals surface area contributed by atoms with Gasteiger partial charge in [-0.1, -0.05) is 0 Å². The second-order valence-electron chi connectivity index (χ2n) is 4.06. The Morgan fingerprint density at radius 2 is 2.00 bits per heavy atom. The van der Waals surface area contributed by atoms with E-state index in [1.807, 2.05) is 0 Å². The molecular weight excluding hydrogens is 259 g/mol. The number of pyridine rings is 1. The van der Waals surface area contributed by atoms with Crippen LogP contribution in [-0.4, -0.2) is 28.9 Å². The van der Waals surface area contributed by atoms with Gasteiger partial charge in [0.05, 0.1) is 0 Å². The second kappa shape index (κ2) is 4.93. The highest BCUT2D eigenvalue weighted by molar-refractivity contribution is 6.00. The van der Waals surface area contributed by atoms with Crippen LogP contribution in [0.2, 0.25) is 0 Å². The Hall–Kier alpha value is -2.02. The fraction of sp³-hybridized carbons (Fsp3) is 0.250. The lowest BCUT2D eigenvalue weighted by Crippen LogP contribution is -2.35. The molecule has 0 fully saturated rings. The number of halogens is 3. The Labute approximate surface area is 107 Å². The van der Waals surface area contributed by atoms with Crippen LogP contribution in [0.15, 0.2) is 30.6 Å². The lowest BCUT2D eigenvalue weighted by molar-refractivity contribution is -0.198. The number of rotatable bonds is 3. The summed E-state index contributed by atoms with van der Waals surface area (Å²) in [6.07, 6.45) is -4.00. The first-order valence-corrected chi connectivity index (χ1v) is 5.50. The van der Waals surface area contributed by atoms with Crippen molar-refractivity contribution in [3.8, 4) is 0 Å². The van der Waals surface area contributed by atoms with Gasteiger partial charge < -0.3 is 16.2 Å². The first-order valence-electron chi connectivity index (χ1n) is 5.50. The van der Waals surface area contributed by atoms with Gasteiger partial charge in [-0.15, -0.1) is 0 Å². The Bertz CT molecular complexity index is 586. The average molecular weight is 271 g/mol. The van der Waals surface area contributed by atoms with Gasteiger partial charge in [-0.05, 0) is 18.2 Å². The quantitative estimate of drug-likeness (QED) is 0.748. The zero-order valence-corrected chi connectivity index (χ0v) is 9.78. The Kier molecular flexibility index (Phi) is 3.48. The van der Waals surface area contributed by atoms with Crippen LogP contribution in [0.1, 0.15) is 0 Å². The van der Waals surface area contributed by atoms with Crippen molar-refractivity contribution in [3.63, 3.8) is 0 Å². The normalized spacial score (nSPS) is 13.5. The number of aliphatic hydroxyl groups excluding tert-OH is 1. The lowest BCUT2D eigenvalue weighted by Gasteiger charge is -2.17. The number of alkyl halides is 3. The van der Waals surface area contributed by atoms with E-state index in [0.29, 0.717) is 22.1 Å². The Morgan fingerprint density at radius 1 is 1.26 bits per heavy atom. The maximum Gasteiger partial charge on any atom is 0.416 e. The van der Waals surface area contributed by atoms with Crippen LogP contribution >= 0.6 is 0 Å². The fourth-order valence-electron chi connectivity index (χ4n) is 1.69. The first kappa shape index (κ1) is 13.4. The summed E-state index contributed by atoms with van der Waals surface area (Å²) in [5.74, 6) is 0. The van der Waals surface area contributed by atoms with Gasteiger partial charge in [0, 0.05) is 41.1 Å². The highest BCUT2D eigenvalue weighted by atomic mass is 19.4. The van der Waals surface area contributed by atoms with Crippen molar-refractivity contribution < 1.29 is 18.3 Å². The number of nitrogens with two attached hydrogens (primary N) is 1. The van der Waals surface area contributed by atoms with Crippen molar-refractivity contribution in [1.29, 1.82) is 0 Å². The molecule has 0 saturated carbocycles. The number of benzene rings is 1. The molecule has 0 spiro atoms. The smallest absolute Gasteiger partial charge is 0.398 e. The summed E-state index contributed by atoms with van der Waals surface area (Å²) in [7, 11) is 0. The Morgan fingerprint density at radius 3 is 2.68 bits per heavy atom. The SMILES string of the molecule is Nc1ccc(NCC(O)C(F)(F)F)c2ccncc12. The van der Waals surface area contributed by atoms with Gasteiger partial charge in [-0.2, -0.15) is 13.2 Å². The van der Waals surface area contributed by atoms with Crippen molar-refractivity contribution >= 4 is 22.1 Å². The van der Waals surface area contributed by atoms with E-state index in [0.717, 1.165) is 0 Å². The maximum atomic E-state index is 12.2. The topological polar surface area (TPSA) is 71.2 Å². The van der Waals surface area contributed by atoms with Crippen LogP contribution in [0, 0.1) is 0 Å². The third-order valence-corrected chi connectivity index (χ3v) is 2.72. The third-order valence-electron chi connectivity index (χ3n) is 2.72. The van der Waals surface area contributed by atoms with E-state index >= 15 is 0 Å². The predicted octanol–water partition coefficient (Wildman–Crippen LogP) is 2.15. The minimum Gasteiger partial charge on any atom is -0.398 e. The average Bonchev–Trinajstić information content (AvgIpc) is 2.37. The fourth-order valence-corrected chi connectivity index (χ4v) is 1.69. The summed E-state index contributed by atoms with van der Waals surface area (Å²) >= 11 is 0. The summed E-state index contributed by atoms with van der Waals surface area (Å²) < 4.78 is 36.6. The number of nitrogen functional groups attached to an aromatic ring is 1. The molecule has 1 aromatic heterocycles. The van der Waals surface area contributed by atoms with E-state index in [1.165, 1.54) is 12.4 Å². The predicted molar refractivity (Wildman–Crippen MR) is 66.7 cm³/mol. The molecule has 102 valence electrons. The van der Waals surface area contributed by atoms with Gasteiger partial charge in [0.1, 0.15) is 0 Å². The molecule has 4 nitrogen and oxygen atoms in total. The van der Waals surface area contributed by atoms with Crippen molar-refractivity contribution in [2.24, 2.45) is 0 Å². The number of anilines is 2. The number of nitrogens with one attached hydrogen (secondary N) is 1. The summed E-state index contributed by atoms with van der Waals surface area (Å²) in [5.41, 5.74) is 6.71. The van der Waals surface area contributed by atoms with E-state index in [9.17, 15) is 13.2 Å². The zero-order valence-electron chi connectivity index (χ0n) is 9.78. The highest BCUT2D eigenvalue weighted by Crippen LogP contribution is 2.28. The molecule has 0 aliphatic rings. The molecule has 1 heterocycles. The molecule has 0 aliphatic carbocycles. The number of fused-ring (bicyclic) bond motifs is 1. The molecule has 7 heteroatoms. The van der Waals surface area contributed by atoms with Crippen LogP contribution in [0.5, 0.6) is 0 Å². The van der Waals surface area contributed by atoms with E-state index in [1.54, 1.807) is 18.2 Å². The standard InChI is InChI=1S/C12H12F3N3O/c13-12(14,15)11(19)6-18-10-2-1-9(16)8-5-17-4-3-7(8)10/h1-5,11,18-19H,6,16H2. The zero-order chi connectivity index (χ0) is 14.0. The molecule has 1 unspecified atom stereocenters. The number of hydrogen-bond donors (Lipinski definition) is 3. The monoisotopic (exact) mass is 271 g/mol. The summed E-state index contributed by atoms with van der Waals surface area (Å²) in [4.78, 5) is 3.91. The minimum atomic E-state index is -4.64. The first-order chi connectivity index (χ1) is 8.89. The number of aromatic nitrogens is 1. The van der Waals surface area contributed by atoms with Crippen LogP contribution < -0.4 is 11.1 Å². The highest BCUT2D eigenvalue weighted by Gasteiger charge is 2.37. The van der Waals surface area contributed by atoms with Gasteiger partial charge in [0.2, 0.25) is 0 Å². The van der Waals surface area contributed by atoms with Crippen molar-refractivity contribution in [2.75, 3.05) is 17.6 Å². The van der Waals surface area contributed by atoms with Gasteiger partial charge in [-0.25, -0.2) is 0 Å². The molecule has 1 atom stereocenters. The third kappa shape index (κ3) is 2.87. The van der Waals surface area contributed by atoms with E-state index in [2.05, 4.69) is 10.3 Å². The maximum absolute atomic E-state index is 12.2. The van der Waals surface area contributed by atoms with Crippen LogP contribution in [0.4, 0.5) is 24.5 Å². The molecule has 0 aliphatic heterocycles.